The van der Waals surface area contributed by atoms with Crippen LogP contribution in [0.15, 0.2) is 16.6 Å². The first-order valence-corrected chi connectivity index (χ1v) is 7.76. The molecule has 2 atom stereocenters. The maximum atomic E-state index is 14.5. The van der Waals surface area contributed by atoms with Gasteiger partial charge in [0.05, 0.1) is 15.7 Å². The van der Waals surface area contributed by atoms with Crippen molar-refractivity contribution >= 4 is 21.6 Å². The average molecular weight is 338 g/mol. The number of halogens is 2. The van der Waals surface area contributed by atoms with Crippen LogP contribution in [0.2, 0.25) is 0 Å². The van der Waals surface area contributed by atoms with Gasteiger partial charge in [0.25, 0.3) is 0 Å². The standard InChI is InChI=1S/C15H17BrFN3/c1-19-11-3-4-12(19)9-20(7-6-11)13-5-2-10(8-18)14(16)15(13)17/h2,5,11-12H,3-4,6-7,9H2,1H3. The summed E-state index contributed by atoms with van der Waals surface area (Å²) in [6.07, 6.45) is 3.52. The van der Waals surface area contributed by atoms with E-state index < -0.39 is 0 Å². The largest absolute Gasteiger partial charge is 0.368 e. The van der Waals surface area contributed by atoms with Crippen LogP contribution in [-0.2, 0) is 0 Å². The molecular weight excluding hydrogens is 321 g/mol. The van der Waals surface area contributed by atoms with Crippen molar-refractivity contribution in [2.24, 2.45) is 0 Å². The van der Waals surface area contributed by atoms with Crippen LogP contribution in [0.3, 0.4) is 0 Å². The maximum Gasteiger partial charge on any atom is 0.161 e. The smallest absolute Gasteiger partial charge is 0.161 e. The summed E-state index contributed by atoms with van der Waals surface area (Å²) in [5, 5.41) is 8.94. The number of nitrogens with zero attached hydrogens (tertiary/aromatic N) is 3. The summed E-state index contributed by atoms with van der Waals surface area (Å²) in [6.45, 7) is 1.74. The lowest BCUT2D eigenvalue weighted by Crippen LogP contribution is -2.37. The number of hydrogen-bond donors (Lipinski definition) is 0. The second kappa shape index (κ2) is 5.34. The molecule has 1 aromatic carbocycles. The van der Waals surface area contributed by atoms with E-state index in [4.69, 9.17) is 5.26 Å². The molecule has 0 aromatic heterocycles. The zero-order chi connectivity index (χ0) is 14.3. The first kappa shape index (κ1) is 13.8. The van der Waals surface area contributed by atoms with Crippen molar-refractivity contribution in [2.75, 3.05) is 25.0 Å². The Morgan fingerprint density at radius 1 is 1.30 bits per heavy atom. The first-order chi connectivity index (χ1) is 9.61. The van der Waals surface area contributed by atoms with Crippen LogP contribution in [0.1, 0.15) is 24.8 Å². The summed E-state index contributed by atoms with van der Waals surface area (Å²) in [5.74, 6) is -0.315. The predicted molar refractivity (Wildman–Crippen MR) is 80.2 cm³/mol. The average Bonchev–Trinajstić information content (AvgIpc) is 2.68. The number of rotatable bonds is 1. The van der Waals surface area contributed by atoms with Gasteiger partial charge in [-0.15, -0.1) is 0 Å². The lowest BCUT2D eigenvalue weighted by atomic mass is 10.1. The minimum Gasteiger partial charge on any atom is -0.368 e. The zero-order valence-electron chi connectivity index (χ0n) is 11.4. The van der Waals surface area contributed by atoms with Gasteiger partial charge in [-0.25, -0.2) is 4.39 Å². The highest BCUT2D eigenvalue weighted by Gasteiger charge is 2.35. The lowest BCUT2D eigenvalue weighted by molar-refractivity contribution is 0.254. The van der Waals surface area contributed by atoms with Crippen LogP contribution < -0.4 is 4.90 Å². The molecule has 2 aliphatic rings. The van der Waals surface area contributed by atoms with Gasteiger partial charge in [-0.3, -0.25) is 4.90 Å². The SMILES string of the molecule is CN1C2CCC1CN(c1ccc(C#N)c(Br)c1F)CC2. The van der Waals surface area contributed by atoms with Crippen LogP contribution in [0.5, 0.6) is 0 Å². The molecule has 2 unspecified atom stereocenters. The molecule has 5 heteroatoms. The quantitative estimate of drug-likeness (QED) is 0.788. The number of nitriles is 1. The Kier molecular flexibility index (Phi) is 3.70. The third kappa shape index (κ3) is 2.21. The molecule has 2 saturated heterocycles. The summed E-state index contributed by atoms with van der Waals surface area (Å²) in [5.41, 5.74) is 0.955. The van der Waals surface area contributed by atoms with Crippen molar-refractivity contribution in [1.29, 1.82) is 5.26 Å². The molecule has 2 heterocycles. The van der Waals surface area contributed by atoms with Gasteiger partial charge in [0, 0.05) is 25.2 Å². The number of hydrogen-bond acceptors (Lipinski definition) is 3. The molecule has 0 amide bonds. The van der Waals surface area contributed by atoms with E-state index >= 15 is 0 Å². The van der Waals surface area contributed by atoms with Crippen LogP contribution in [0.25, 0.3) is 0 Å². The predicted octanol–water partition coefficient (Wildman–Crippen LogP) is 3.13. The normalized spacial score (nSPS) is 26.4. The van der Waals surface area contributed by atoms with Crippen molar-refractivity contribution < 1.29 is 4.39 Å². The first-order valence-electron chi connectivity index (χ1n) is 6.96. The van der Waals surface area contributed by atoms with Gasteiger partial charge in [0.2, 0.25) is 0 Å². The minimum absolute atomic E-state index is 0.278. The molecule has 3 nitrogen and oxygen atoms in total. The van der Waals surface area contributed by atoms with Crippen molar-refractivity contribution in [2.45, 2.75) is 31.3 Å². The summed E-state index contributed by atoms with van der Waals surface area (Å²) in [7, 11) is 2.18. The third-order valence-electron chi connectivity index (χ3n) is 4.67. The molecular formula is C15H17BrFN3. The number of anilines is 1. The summed E-state index contributed by atoms with van der Waals surface area (Å²) in [6, 6.07) is 6.57. The van der Waals surface area contributed by atoms with E-state index in [1.54, 1.807) is 12.1 Å². The molecule has 0 aliphatic carbocycles. The number of benzene rings is 1. The highest BCUT2D eigenvalue weighted by molar-refractivity contribution is 9.10. The molecule has 0 radical (unpaired) electrons. The minimum atomic E-state index is -0.315. The molecule has 3 rings (SSSR count). The van der Waals surface area contributed by atoms with Gasteiger partial charge in [0.1, 0.15) is 6.07 Å². The highest BCUT2D eigenvalue weighted by Crippen LogP contribution is 2.34. The van der Waals surface area contributed by atoms with Gasteiger partial charge in [-0.05, 0) is 54.4 Å². The third-order valence-corrected chi connectivity index (χ3v) is 5.45. The monoisotopic (exact) mass is 337 g/mol. The van der Waals surface area contributed by atoms with Crippen LogP contribution in [0, 0.1) is 17.1 Å². The maximum absolute atomic E-state index is 14.5. The lowest BCUT2D eigenvalue weighted by Gasteiger charge is -2.28. The Morgan fingerprint density at radius 3 is 2.80 bits per heavy atom. The Bertz CT molecular complexity index is 569. The number of fused-ring (bicyclic) bond motifs is 2. The van der Waals surface area contributed by atoms with E-state index in [9.17, 15) is 4.39 Å². The fourth-order valence-electron chi connectivity index (χ4n) is 3.40. The molecule has 2 fully saturated rings. The van der Waals surface area contributed by atoms with E-state index in [0.717, 1.165) is 19.5 Å². The fourth-order valence-corrected chi connectivity index (χ4v) is 3.82. The summed E-state index contributed by atoms with van der Waals surface area (Å²) in [4.78, 5) is 4.57. The topological polar surface area (TPSA) is 30.3 Å². The Hall–Kier alpha value is -1.12. The molecule has 2 aliphatic heterocycles. The van der Waals surface area contributed by atoms with E-state index in [0.29, 0.717) is 23.3 Å². The Morgan fingerprint density at radius 2 is 2.05 bits per heavy atom. The van der Waals surface area contributed by atoms with Crippen molar-refractivity contribution in [1.82, 2.24) is 4.90 Å². The molecule has 2 bridgehead atoms. The molecule has 0 N–H and O–H groups in total. The molecule has 1 aromatic rings. The van der Waals surface area contributed by atoms with E-state index in [-0.39, 0.29) is 10.3 Å². The zero-order valence-corrected chi connectivity index (χ0v) is 13.0. The Labute approximate surface area is 127 Å². The van der Waals surface area contributed by atoms with Gasteiger partial charge in [-0.2, -0.15) is 5.26 Å². The molecule has 0 spiro atoms. The highest BCUT2D eigenvalue weighted by atomic mass is 79.9. The van der Waals surface area contributed by atoms with Crippen LogP contribution in [0.4, 0.5) is 10.1 Å². The number of likely N-dealkylation sites (N-methyl/N-ethyl adjacent to an activating group) is 1. The van der Waals surface area contributed by atoms with Crippen molar-refractivity contribution in [3.05, 3.63) is 28.0 Å². The second-order valence-corrected chi connectivity index (χ2v) is 6.45. The van der Waals surface area contributed by atoms with Crippen molar-refractivity contribution in [3.63, 3.8) is 0 Å². The van der Waals surface area contributed by atoms with E-state index in [1.807, 2.05) is 6.07 Å². The van der Waals surface area contributed by atoms with E-state index in [1.165, 1.54) is 12.8 Å². The van der Waals surface area contributed by atoms with Gasteiger partial charge in [0.15, 0.2) is 5.82 Å². The summed E-state index contributed by atoms with van der Waals surface area (Å²) >= 11 is 3.20. The Balaban J connectivity index is 1.90. The molecule has 20 heavy (non-hydrogen) atoms. The molecule has 0 saturated carbocycles. The van der Waals surface area contributed by atoms with Gasteiger partial charge in [-0.1, -0.05) is 0 Å². The van der Waals surface area contributed by atoms with E-state index in [2.05, 4.69) is 32.8 Å². The van der Waals surface area contributed by atoms with Crippen molar-refractivity contribution in [3.8, 4) is 6.07 Å². The molecule has 106 valence electrons. The van der Waals surface area contributed by atoms with Crippen LogP contribution >= 0.6 is 15.9 Å². The fraction of sp³-hybridized carbons (Fsp3) is 0.533. The van der Waals surface area contributed by atoms with Gasteiger partial charge < -0.3 is 4.90 Å². The van der Waals surface area contributed by atoms with Crippen LogP contribution in [-0.4, -0.2) is 37.1 Å². The second-order valence-electron chi connectivity index (χ2n) is 5.66. The summed E-state index contributed by atoms with van der Waals surface area (Å²) < 4.78 is 14.7. The van der Waals surface area contributed by atoms with Gasteiger partial charge >= 0.3 is 0 Å².